The lowest BCUT2D eigenvalue weighted by Crippen LogP contribution is -2.26. The predicted octanol–water partition coefficient (Wildman–Crippen LogP) is 2.05. The fourth-order valence-electron chi connectivity index (χ4n) is 1.72. The van der Waals surface area contributed by atoms with Gasteiger partial charge in [0.25, 0.3) is 0 Å². The Kier molecular flexibility index (Phi) is 4.66. The van der Waals surface area contributed by atoms with Gasteiger partial charge in [-0.25, -0.2) is 0 Å². The van der Waals surface area contributed by atoms with E-state index in [0.717, 1.165) is 16.7 Å². The molecule has 0 spiro atoms. The van der Waals surface area contributed by atoms with Crippen LogP contribution >= 0.6 is 0 Å². The lowest BCUT2D eigenvalue weighted by atomic mass is 10.0. The molecule has 0 saturated heterocycles. The quantitative estimate of drug-likeness (QED) is 0.802. The topological polar surface area (TPSA) is 68.8 Å². The highest BCUT2D eigenvalue weighted by molar-refractivity contribution is 5.36. The molecule has 1 rings (SSSR count). The zero-order valence-electron chi connectivity index (χ0n) is 10.2. The second-order valence-electron chi connectivity index (χ2n) is 3.98. The molecule has 1 aromatic carbocycles. The minimum Gasteiger partial charge on any atom is -0.295 e. The highest BCUT2D eigenvalue weighted by Crippen LogP contribution is 2.16. The smallest absolute Gasteiger partial charge is 0.204 e. The molecule has 0 fully saturated rings. The zero-order chi connectivity index (χ0) is 12.8. The van der Waals surface area contributed by atoms with Crippen molar-refractivity contribution in [1.29, 1.82) is 10.5 Å². The molecule has 0 aliphatic carbocycles. The number of rotatable bonds is 4. The monoisotopic (exact) mass is 229 g/mol. The second kappa shape index (κ2) is 6.00. The van der Waals surface area contributed by atoms with Crippen LogP contribution in [0.5, 0.6) is 0 Å². The Bertz CT molecular complexity index is 445. The summed E-state index contributed by atoms with van der Waals surface area (Å²) in [6, 6.07) is 6.79. The average molecular weight is 229 g/mol. The van der Waals surface area contributed by atoms with Gasteiger partial charge in [0.1, 0.15) is 0 Å². The van der Waals surface area contributed by atoms with Gasteiger partial charge < -0.3 is 0 Å². The van der Waals surface area contributed by atoms with Crippen LogP contribution in [-0.4, -0.2) is 6.04 Å². The van der Waals surface area contributed by atoms with Gasteiger partial charge in [0.15, 0.2) is 0 Å². The Morgan fingerprint density at radius 2 is 1.71 bits per heavy atom. The highest BCUT2D eigenvalue weighted by atomic mass is 16.6. The van der Waals surface area contributed by atoms with E-state index in [1.165, 1.54) is 5.56 Å². The maximum Gasteiger partial charge on any atom is 0.204 e. The minimum atomic E-state index is -0.930. The van der Waals surface area contributed by atoms with Crippen LogP contribution in [0.15, 0.2) is 12.1 Å². The van der Waals surface area contributed by atoms with Crippen LogP contribution in [-0.2, 0) is 11.4 Å². The molecular weight excluding hydrogens is 214 g/mol. The molecule has 4 nitrogen and oxygen atoms in total. The molecule has 1 aromatic rings. The van der Waals surface area contributed by atoms with Crippen molar-refractivity contribution in [3.63, 3.8) is 0 Å². The first-order valence-corrected chi connectivity index (χ1v) is 5.31. The van der Waals surface area contributed by atoms with Gasteiger partial charge in [0.2, 0.25) is 6.04 Å². The molecule has 0 unspecified atom stereocenters. The van der Waals surface area contributed by atoms with Crippen molar-refractivity contribution in [1.82, 2.24) is 5.48 Å². The molecule has 0 heterocycles. The van der Waals surface area contributed by atoms with Gasteiger partial charge in [-0.15, -0.1) is 0 Å². The van der Waals surface area contributed by atoms with Crippen molar-refractivity contribution >= 4 is 0 Å². The summed E-state index contributed by atoms with van der Waals surface area (Å²) >= 11 is 0. The van der Waals surface area contributed by atoms with Crippen molar-refractivity contribution in [3.8, 4) is 12.1 Å². The first-order chi connectivity index (χ1) is 8.08. The predicted molar refractivity (Wildman–Crippen MR) is 63.6 cm³/mol. The van der Waals surface area contributed by atoms with Crippen LogP contribution in [0.1, 0.15) is 22.3 Å². The lowest BCUT2D eigenvalue weighted by Gasteiger charge is -2.12. The van der Waals surface area contributed by atoms with E-state index in [1.807, 2.05) is 20.8 Å². The summed E-state index contributed by atoms with van der Waals surface area (Å²) in [7, 11) is 0. The third-order valence-corrected chi connectivity index (χ3v) is 2.52. The molecule has 0 aromatic heterocycles. The Hall–Kier alpha value is -1.88. The molecule has 0 atom stereocenters. The van der Waals surface area contributed by atoms with E-state index in [-0.39, 0.29) is 0 Å². The van der Waals surface area contributed by atoms with E-state index >= 15 is 0 Å². The van der Waals surface area contributed by atoms with E-state index < -0.39 is 6.04 Å². The number of hydroxylamine groups is 1. The molecule has 17 heavy (non-hydrogen) atoms. The van der Waals surface area contributed by atoms with Gasteiger partial charge in [-0.3, -0.25) is 4.84 Å². The van der Waals surface area contributed by atoms with Crippen LogP contribution in [0.25, 0.3) is 0 Å². The maximum absolute atomic E-state index is 8.55. The van der Waals surface area contributed by atoms with E-state index in [1.54, 1.807) is 12.1 Å². The first kappa shape index (κ1) is 13.2. The molecule has 0 bridgehead atoms. The molecule has 88 valence electrons. The third-order valence-electron chi connectivity index (χ3n) is 2.52. The van der Waals surface area contributed by atoms with E-state index in [0.29, 0.717) is 6.61 Å². The van der Waals surface area contributed by atoms with Crippen molar-refractivity contribution in [3.05, 3.63) is 34.4 Å². The summed E-state index contributed by atoms with van der Waals surface area (Å²) in [6.45, 7) is 6.43. The van der Waals surface area contributed by atoms with Gasteiger partial charge in [-0.05, 0) is 37.5 Å². The number of nitrogens with one attached hydrogen (secondary N) is 1. The fourth-order valence-corrected chi connectivity index (χ4v) is 1.72. The molecule has 0 aliphatic rings. The van der Waals surface area contributed by atoms with E-state index in [4.69, 9.17) is 15.4 Å². The van der Waals surface area contributed by atoms with Gasteiger partial charge in [0, 0.05) is 0 Å². The van der Waals surface area contributed by atoms with Crippen molar-refractivity contribution in [2.24, 2.45) is 0 Å². The summed E-state index contributed by atoms with van der Waals surface area (Å²) in [5.41, 5.74) is 7.00. The molecule has 0 saturated carbocycles. The van der Waals surface area contributed by atoms with Crippen LogP contribution in [0.2, 0.25) is 0 Å². The summed E-state index contributed by atoms with van der Waals surface area (Å²) in [5.74, 6) is 0. The van der Waals surface area contributed by atoms with Gasteiger partial charge in [0.05, 0.1) is 18.7 Å². The fraction of sp³-hybridized carbons (Fsp3) is 0.385. The molecule has 0 amide bonds. The van der Waals surface area contributed by atoms with E-state index in [9.17, 15) is 0 Å². The largest absolute Gasteiger partial charge is 0.295 e. The van der Waals surface area contributed by atoms with Crippen LogP contribution < -0.4 is 5.48 Å². The average Bonchev–Trinajstić information content (AvgIpc) is 2.27. The molecule has 4 heteroatoms. The van der Waals surface area contributed by atoms with Gasteiger partial charge in [-0.2, -0.15) is 16.0 Å². The van der Waals surface area contributed by atoms with E-state index in [2.05, 4.69) is 17.6 Å². The Balaban J connectivity index is 2.65. The van der Waals surface area contributed by atoms with Crippen LogP contribution in [0, 0.1) is 43.4 Å². The SMILES string of the molecule is Cc1cc(C)c(CONC(C#N)C#N)c(C)c1. The molecule has 0 radical (unpaired) electrons. The second-order valence-corrected chi connectivity index (χ2v) is 3.98. The summed E-state index contributed by atoms with van der Waals surface area (Å²) in [6.07, 6.45) is 0. The third kappa shape index (κ3) is 3.57. The standard InChI is InChI=1S/C13H15N3O/c1-9-4-10(2)13(11(3)5-9)8-17-16-12(6-14)7-15/h4-5,12,16H,8H2,1-3H3. The Morgan fingerprint density at radius 1 is 1.18 bits per heavy atom. The van der Waals surface area contributed by atoms with Crippen molar-refractivity contribution in [2.75, 3.05) is 0 Å². The number of hydrogen-bond donors (Lipinski definition) is 1. The van der Waals surface area contributed by atoms with Gasteiger partial charge >= 0.3 is 0 Å². The Morgan fingerprint density at radius 3 is 2.18 bits per heavy atom. The van der Waals surface area contributed by atoms with Crippen LogP contribution in [0.3, 0.4) is 0 Å². The minimum absolute atomic E-state index is 0.345. The molecular formula is C13H15N3O. The molecule has 1 N–H and O–H groups in total. The lowest BCUT2D eigenvalue weighted by molar-refractivity contribution is 0.0241. The highest BCUT2D eigenvalue weighted by Gasteiger charge is 2.07. The van der Waals surface area contributed by atoms with Crippen molar-refractivity contribution < 1.29 is 4.84 Å². The zero-order valence-corrected chi connectivity index (χ0v) is 10.2. The maximum atomic E-state index is 8.55. The number of nitriles is 2. The summed E-state index contributed by atoms with van der Waals surface area (Å²) < 4.78 is 0. The number of benzene rings is 1. The first-order valence-electron chi connectivity index (χ1n) is 5.31. The summed E-state index contributed by atoms with van der Waals surface area (Å²) in [4.78, 5) is 5.17. The van der Waals surface area contributed by atoms with Crippen molar-refractivity contribution in [2.45, 2.75) is 33.4 Å². The number of nitrogens with zero attached hydrogens (tertiary/aromatic N) is 2. The van der Waals surface area contributed by atoms with Crippen LogP contribution in [0.4, 0.5) is 0 Å². The Labute approximate surface area is 101 Å². The normalized spacial score (nSPS) is 10.0. The number of aryl methyl sites for hydroxylation is 3. The summed E-state index contributed by atoms with van der Waals surface area (Å²) in [5, 5.41) is 17.1. The molecule has 0 aliphatic heterocycles. The van der Waals surface area contributed by atoms with Gasteiger partial charge in [-0.1, -0.05) is 17.7 Å². The number of hydrogen-bond acceptors (Lipinski definition) is 4.